The molecule has 2 N–H and O–H groups in total. The molecule has 1 fully saturated rings. The summed E-state index contributed by atoms with van der Waals surface area (Å²) >= 11 is 5.30. The summed E-state index contributed by atoms with van der Waals surface area (Å²) in [5, 5.41) is 14.9. The van der Waals surface area contributed by atoms with E-state index in [0.29, 0.717) is 6.61 Å². The van der Waals surface area contributed by atoms with Crippen molar-refractivity contribution in [3.8, 4) is 0 Å². The van der Waals surface area contributed by atoms with Crippen molar-refractivity contribution < 1.29 is 5.11 Å². The van der Waals surface area contributed by atoms with Gasteiger partial charge in [0, 0.05) is 45.3 Å². The summed E-state index contributed by atoms with van der Waals surface area (Å²) in [5.74, 6) is 0. The number of nitrogens with one attached hydrogen (secondary N) is 1. The van der Waals surface area contributed by atoms with Crippen LogP contribution in [0.5, 0.6) is 0 Å². The molecule has 17 heavy (non-hydrogen) atoms. The minimum absolute atomic E-state index is 0.155. The van der Waals surface area contributed by atoms with E-state index in [0.717, 1.165) is 13.1 Å². The van der Waals surface area contributed by atoms with Gasteiger partial charge in [0.1, 0.15) is 0 Å². The zero-order valence-corrected chi connectivity index (χ0v) is 12.8. The zero-order chi connectivity index (χ0) is 12.5. The molecule has 1 aromatic heterocycles. The van der Waals surface area contributed by atoms with Crippen molar-refractivity contribution in [2.75, 3.05) is 19.7 Å². The molecule has 1 aliphatic carbocycles. The highest BCUT2D eigenvalue weighted by atomic mass is 79.9. The molecule has 1 heterocycles. The second-order valence-corrected chi connectivity index (χ2v) is 7.60. The van der Waals surface area contributed by atoms with Gasteiger partial charge in [-0.2, -0.15) is 0 Å². The molecule has 1 saturated carbocycles. The van der Waals surface area contributed by atoms with Crippen molar-refractivity contribution >= 4 is 27.3 Å². The normalized spacial score (nSPS) is 18.4. The van der Waals surface area contributed by atoms with Crippen molar-refractivity contribution in [3.63, 3.8) is 0 Å². The maximum atomic E-state index is 9.26. The van der Waals surface area contributed by atoms with Crippen LogP contribution in [0.1, 0.15) is 31.6 Å². The third-order valence-electron chi connectivity index (χ3n) is 3.59. The van der Waals surface area contributed by atoms with Crippen LogP contribution in [0.15, 0.2) is 15.9 Å². The molecule has 1 aromatic rings. The molecule has 0 aromatic carbocycles. The third-order valence-corrected chi connectivity index (χ3v) is 5.65. The van der Waals surface area contributed by atoms with Crippen LogP contribution in [0.25, 0.3) is 0 Å². The molecule has 96 valence electrons. The van der Waals surface area contributed by atoms with Gasteiger partial charge in [-0.3, -0.25) is 0 Å². The van der Waals surface area contributed by atoms with Crippen LogP contribution in [0.2, 0.25) is 0 Å². The molecule has 0 aliphatic heterocycles. The van der Waals surface area contributed by atoms with Crippen LogP contribution in [-0.2, 0) is 5.41 Å². The molecule has 2 rings (SSSR count). The number of aliphatic hydroxyl groups excluding tert-OH is 1. The molecule has 0 amide bonds. The Labute approximate surface area is 116 Å². The minimum atomic E-state index is 0.155. The van der Waals surface area contributed by atoms with E-state index in [1.54, 1.807) is 11.3 Å². The lowest BCUT2D eigenvalue weighted by molar-refractivity contribution is 0.205. The third kappa shape index (κ3) is 3.31. The lowest BCUT2D eigenvalue weighted by Gasteiger charge is -2.25. The average Bonchev–Trinajstić information content (AvgIpc) is 2.92. The fourth-order valence-corrected chi connectivity index (χ4v) is 3.52. The Balaban J connectivity index is 1.85. The Morgan fingerprint density at radius 2 is 2.24 bits per heavy atom. The quantitative estimate of drug-likeness (QED) is 0.844. The average molecular weight is 318 g/mol. The first-order chi connectivity index (χ1) is 7.97. The number of thiophene rings is 1. The van der Waals surface area contributed by atoms with Gasteiger partial charge >= 0.3 is 0 Å². The zero-order valence-electron chi connectivity index (χ0n) is 10.4. The van der Waals surface area contributed by atoms with Crippen LogP contribution in [0.4, 0.5) is 0 Å². The first-order valence-electron chi connectivity index (χ1n) is 6.04. The summed E-state index contributed by atoms with van der Waals surface area (Å²) in [4.78, 5) is 1.39. The summed E-state index contributed by atoms with van der Waals surface area (Å²) in [7, 11) is 0. The molecule has 0 radical (unpaired) electrons. The summed E-state index contributed by atoms with van der Waals surface area (Å²) < 4.78 is 1.17. The highest BCUT2D eigenvalue weighted by Gasteiger charge is 2.41. The van der Waals surface area contributed by atoms with Crippen LogP contribution < -0.4 is 5.32 Å². The van der Waals surface area contributed by atoms with Crippen molar-refractivity contribution in [1.29, 1.82) is 0 Å². The van der Waals surface area contributed by atoms with Gasteiger partial charge in [0.15, 0.2) is 0 Å². The largest absolute Gasteiger partial charge is 0.396 e. The van der Waals surface area contributed by atoms with Crippen LogP contribution >= 0.6 is 27.3 Å². The van der Waals surface area contributed by atoms with Gasteiger partial charge in [0.05, 0.1) is 0 Å². The number of halogens is 1. The molecule has 4 heteroatoms. The Kier molecular flexibility index (Phi) is 3.98. The monoisotopic (exact) mass is 317 g/mol. The molecule has 0 unspecified atom stereocenters. The van der Waals surface area contributed by atoms with Crippen molar-refractivity contribution in [2.45, 2.75) is 32.1 Å². The van der Waals surface area contributed by atoms with Gasteiger partial charge < -0.3 is 10.4 Å². The Bertz CT molecular complexity index is 385. The van der Waals surface area contributed by atoms with E-state index in [1.165, 1.54) is 22.2 Å². The van der Waals surface area contributed by atoms with Crippen molar-refractivity contribution in [2.24, 2.45) is 5.41 Å². The number of hydrogen-bond acceptors (Lipinski definition) is 3. The van der Waals surface area contributed by atoms with Crippen LogP contribution in [0, 0.1) is 5.41 Å². The fraction of sp³-hybridized carbons (Fsp3) is 0.692. The maximum absolute atomic E-state index is 9.26. The van der Waals surface area contributed by atoms with E-state index in [1.807, 2.05) is 0 Å². The van der Waals surface area contributed by atoms with E-state index >= 15 is 0 Å². The van der Waals surface area contributed by atoms with E-state index in [2.05, 4.69) is 46.5 Å². The first-order valence-corrected chi connectivity index (χ1v) is 7.71. The molecule has 0 spiro atoms. The van der Waals surface area contributed by atoms with Gasteiger partial charge in [-0.15, -0.1) is 11.3 Å². The smallest absolute Gasteiger partial charge is 0.0499 e. The highest BCUT2D eigenvalue weighted by Crippen LogP contribution is 2.44. The summed E-state index contributed by atoms with van der Waals surface area (Å²) in [6.45, 7) is 6.75. The molecular formula is C13H20BrNOS. The molecule has 0 bridgehead atoms. The van der Waals surface area contributed by atoms with Crippen LogP contribution in [0.3, 0.4) is 0 Å². The maximum Gasteiger partial charge on any atom is 0.0499 e. The van der Waals surface area contributed by atoms with Crippen molar-refractivity contribution in [3.05, 3.63) is 20.8 Å². The Morgan fingerprint density at radius 3 is 2.71 bits per heavy atom. The van der Waals surface area contributed by atoms with Crippen molar-refractivity contribution in [1.82, 2.24) is 5.32 Å². The number of hydrogen-bond donors (Lipinski definition) is 2. The second kappa shape index (κ2) is 5.00. The lowest BCUT2D eigenvalue weighted by atomic mass is 9.91. The van der Waals surface area contributed by atoms with Gasteiger partial charge in [0.25, 0.3) is 0 Å². The summed E-state index contributed by atoms with van der Waals surface area (Å²) in [6.07, 6.45) is 2.34. The highest BCUT2D eigenvalue weighted by molar-refractivity contribution is 9.10. The first kappa shape index (κ1) is 13.5. The topological polar surface area (TPSA) is 32.3 Å². The molecule has 1 aliphatic rings. The molecule has 0 atom stereocenters. The van der Waals surface area contributed by atoms with E-state index in [9.17, 15) is 5.11 Å². The SMILES string of the molecule is CC(C)(CNCC1(CO)CC1)c1cc(Br)cs1. The van der Waals surface area contributed by atoms with Gasteiger partial charge in [-0.25, -0.2) is 0 Å². The predicted molar refractivity (Wildman–Crippen MR) is 76.7 cm³/mol. The second-order valence-electron chi connectivity index (χ2n) is 5.77. The molecule has 0 saturated heterocycles. The van der Waals surface area contributed by atoms with E-state index in [4.69, 9.17) is 0 Å². The Hall–Kier alpha value is 0.1000. The van der Waals surface area contributed by atoms with E-state index < -0.39 is 0 Å². The van der Waals surface area contributed by atoms with Gasteiger partial charge in [-0.05, 0) is 34.8 Å². The number of rotatable bonds is 6. The standard InChI is InChI=1S/C13H20BrNOS/c1-12(2,11-5-10(14)6-17-11)7-15-8-13(9-16)3-4-13/h5-6,15-16H,3-4,7-9H2,1-2H3. The fourth-order valence-electron chi connectivity index (χ4n) is 1.96. The number of aliphatic hydroxyl groups is 1. The van der Waals surface area contributed by atoms with Gasteiger partial charge in [-0.1, -0.05) is 13.8 Å². The summed E-state index contributed by atoms with van der Waals surface area (Å²) in [6, 6.07) is 2.20. The Morgan fingerprint density at radius 1 is 1.53 bits per heavy atom. The minimum Gasteiger partial charge on any atom is -0.396 e. The van der Waals surface area contributed by atoms with Gasteiger partial charge in [0.2, 0.25) is 0 Å². The lowest BCUT2D eigenvalue weighted by Crippen LogP contribution is -2.36. The van der Waals surface area contributed by atoms with Crippen LogP contribution in [-0.4, -0.2) is 24.8 Å². The predicted octanol–water partition coefficient (Wildman–Crippen LogP) is 3.15. The summed E-state index contributed by atoms with van der Waals surface area (Å²) in [5.41, 5.74) is 0.355. The molecule has 2 nitrogen and oxygen atoms in total. The molecular weight excluding hydrogens is 298 g/mol. The van der Waals surface area contributed by atoms with E-state index in [-0.39, 0.29) is 10.8 Å².